The first-order valence-corrected chi connectivity index (χ1v) is 6.39. The van der Waals surface area contributed by atoms with Crippen LogP contribution in [0.25, 0.3) is 5.69 Å². The molecule has 0 saturated carbocycles. The SMILES string of the molecule is CC(C)(C)c1nn(-c2ccc([N+](=O)[O-])cc2)c(N)c1Cl. The smallest absolute Gasteiger partial charge is 0.269 e. The Morgan fingerprint density at radius 1 is 1.30 bits per heavy atom. The molecule has 0 amide bonds. The molecular formula is C13H15ClN4O2. The maximum absolute atomic E-state index is 10.6. The van der Waals surface area contributed by atoms with Gasteiger partial charge in [-0.3, -0.25) is 10.1 Å². The Labute approximate surface area is 121 Å². The lowest BCUT2D eigenvalue weighted by Gasteiger charge is -2.15. The molecule has 1 aromatic carbocycles. The Morgan fingerprint density at radius 2 is 1.85 bits per heavy atom. The average Bonchev–Trinajstić information content (AvgIpc) is 2.66. The largest absolute Gasteiger partial charge is 0.382 e. The summed E-state index contributed by atoms with van der Waals surface area (Å²) in [4.78, 5) is 10.2. The van der Waals surface area contributed by atoms with Crippen LogP contribution in [0.1, 0.15) is 26.5 Å². The molecule has 0 unspecified atom stereocenters. The van der Waals surface area contributed by atoms with Crippen LogP contribution in [-0.4, -0.2) is 14.7 Å². The van der Waals surface area contributed by atoms with Gasteiger partial charge in [0, 0.05) is 17.5 Å². The van der Waals surface area contributed by atoms with E-state index in [0.29, 0.717) is 22.2 Å². The van der Waals surface area contributed by atoms with Crippen LogP contribution in [0.15, 0.2) is 24.3 Å². The van der Waals surface area contributed by atoms with Gasteiger partial charge in [-0.1, -0.05) is 32.4 Å². The van der Waals surface area contributed by atoms with Gasteiger partial charge in [-0.25, -0.2) is 4.68 Å². The van der Waals surface area contributed by atoms with Gasteiger partial charge < -0.3 is 5.73 Å². The molecule has 0 aliphatic heterocycles. The molecule has 0 spiro atoms. The molecule has 0 aliphatic carbocycles. The van der Waals surface area contributed by atoms with E-state index in [4.69, 9.17) is 17.3 Å². The zero-order valence-corrected chi connectivity index (χ0v) is 12.2. The van der Waals surface area contributed by atoms with E-state index >= 15 is 0 Å². The maximum atomic E-state index is 10.6. The van der Waals surface area contributed by atoms with Crippen LogP contribution in [-0.2, 0) is 5.41 Å². The number of hydrogen-bond acceptors (Lipinski definition) is 4. The first-order valence-electron chi connectivity index (χ1n) is 6.01. The summed E-state index contributed by atoms with van der Waals surface area (Å²) >= 11 is 6.21. The van der Waals surface area contributed by atoms with Crippen LogP contribution in [0.4, 0.5) is 11.5 Å². The fourth-order valence-corrected chi connectivity index (χ4v) is 2.20. The summed E-state index contributed by atoms with van der Waals surface area (Å²) < 4.78 is 1.49. The monoisotopic (exact) mass is 294 g/mol. The Hall–Kier alpha value is -2.08. The zero-order valence-electron chi connectivity index (χ0n) is 11.4. The number of halogens is 1. The number of benzene rings is 1. The molecule has 1 aromatic heterocycles. The van der Waals surface area contributed by atoms with Crippen molar-refractivity contribution in [1.82, 2.24) is 9.78 Å². The van der Waals surface area contributed by atoms with E-state index in [0.717, 1.165) is 0 Å². The van der Waals surface area contributed by atoms with Crippen molar-refractivity contribution in [3.05, 3.63) is 45.1 Å². The number of anilines is 1. The number of nitrogens with zero attached hydrogens (tertiary/aromatic N) is 3. The molecule has 7 heteroatoms. The molecule has 106 valence electrons. The predicted molar refractivity (Wildman–Crippen MR) is 78.3 cm³/mol. The summed E-state index contributed by atoms with van der Waals surface area (Å²) in [6.07, 6.45) is 0. The van der Waals surface area contributed by atoms with E-state index in [2.05, 4.69) is 5.10 Å². The second kappa shape index (κ2) is 4.79. The Morgan fingerprint density at radius 3 is 2.25 bits per heavy atom. The minimum atomic E-state index is -0.455. The van der Waals surface area contributed by atoms with Crippen LogP contribution in [0.3, 0.4) is 0 Å². The molecule has 0 bridgehead atoms. The minimum absolute atomic E-state index is 0.0154. The second-order valence-corrected chi connectivity index (χ2v) is 5.86. The molecule has 20 heavy (non-hydrogen) atoms. The van der Waals surface area contributed by atoms with E-state index in [1.807, 2.05) is 20.8 Å². The average molecular weight is 295 g/mol. The van der Waals surface area contributed by atoms with Gasteiger partial charge in [0.1, 0.15) is 10.8 Å². The van der Waals surface area contributed by atoms with E-state index < -0.39 is 4.92 Å². The third-order valence-electron chi connectivity index (χ3n) is 2.88. The highest BCUT2D eigenvalue weighted by molar-refractivity contribution is 6.33. The normalized spacial score (nSPS) is 11.6. The number of aromatic nitrogens is 2. The highest BCUT2D eigenvalue weighted by atomic mass is 35.5. The maximum Gasteiger partial charge on any atom is 0.269 e. The summed E-state index contributed by atoms with van der Waals surface area (Å²) in [5, 5.41) is 15.5. The van der Waals surface area contributed by atoms with Gasteiger partial charge in [-0.15, -0.1) is 0 Å². The van der Waals surface area contributed by atoms with Crippen LogP contribution < -0.4 is 5.73 Å². The van der Waals surface area contributed by atoms with Gasteiger partial charge in [0.05, 0.1) is 16.3 Å². The van der Waals surface area contributed by atoms with Crippen molar-refractivity contribution in [1.29, 1.82) is 0 Å². The molecule has 0 fully saturated rings. The van der Waals surface area contributed by atoms with Gasteiger partial charge in [0.15, 0.2) is 0 Å². The number of nitrogen functional groups attached to an aromatic ring is 1. The fourth-order valence-electron chi connectivity index (χ4n) is 1.80. The van der Waals surface area contributed by atoms with E-state index in [-0.39, 0.29) is 11.1 Å². The molecule has 0 radical (unpaired) electrons. The van der Waals surface area contributed by atoms with Crippen molar-refractivity contribution in [2.45, 2.75) is 26.2 Å². The number of nitro benzene ring substituents is 1. The number of nitro groups is 1. The van der Waals surface area contributed by atoms with Crippen molar-refractivity contribution in [3.63, 3.8) is 0 Å². The first kappa shape index (κ1) is 14.3. The van der Waals surface area contributed by atoms with Crippen LogP contribution >= 0.6 is 11.6 Å². The first-order chi connectivity index (χ1) is 9.21. The highest BCUT2D eigenvalue weighted by Crippen LogP contribution is 2.34. The molecule has 2 N–H and O–H groups in total. The van der Waals surface area contributed by atoms with Gasteiger partial charge in [0.25, 0.3) is 5.69 Å². The molecule has 0 atom stereocenters. The Bertz CT molecular complexity index is 656. The fraction of sp³-hybridized carbons (Fsp3) is 0.308. The topological polar surface area (TPSA) is 87.0 Å². The van der Waals surface area contributed by atoms with Gasteiger partial charge in [-0.05, 0) is 12.1 Å². The van der Waals surface area contributed by atoms with Crippen LogP contribution in [0.5, 0.6) is 0 Å². The Balaban J connectivity index is 2.51. The van der Waals surface area contributed by atoms with Crippen molar-refractivity contribution < 1.29 is 4.92 Å². The number of nitrogens with two attached hydrogens (primary N) is 1. The van der Waals surface area contributed by atoms with Crippen LogP contribution in [0.2, 0.25) is 5.02 Å². The van der Waals surface area contributed by atoms with Gasteiger partial charge in [-0.2, -0.15) is 5.10 Å². The summed E-state index contributed by atoms with van der Waals surface area (Å²) in [7, 11) is 0. The number of rotatable bonds is 2. The summed E-state index contributed by atoms with van der Waals surface area (Å²) in [5.74, 6) is 0.324. The van der Waals surface area contributed by atoms with E-state index in [1.165, 1.54) is 16.8 Å². The van der Waals surface area contributed by atoms with Crippen molar-refractivity contribution in [3.8, 4) is 5.69 Å². The molecule has 0 aliphatic rings. The minimum Gasteiger partial charge on any atom is -0.382 e. The molecule has 1 heterocycles. The standard InChI is InChI=1S/C13H15ClN4O2/c1-13(2,3)11-10(14)12(15)17(16-11)8-4-6-9(7-5-8)18(19)20/h4-7H,15H2,1-3H3. The lowest BCUT2D eigenvalue weighted by molar-refractivity contribution is -0.384. The van der Waals surface area contributed by atoms with Crippen molar-refractivity contribution in [2.75, 3.05) is 5.73 Å². The third-order valence-corrected chi connectivity index (χ3v) is 3.25. The van der Waals surface area contributed by atoms with Gasteiger partial charge in [0.2, 0.25) is 0 Å². The number of hydrogen-bond donors (Lipinski definition) is 1. The number of non-ortho nitro benzene ring substituents is 1. The van der Waals surface area contributed by atoms with Crippen molar-refractivity contribution >= 4 is 23.1 Å². The molecule has 2 aromatic rings. The van der Waals surface area contributed by atoms with Crippen molar-refractivity contribution in [2.24, 2.45) is 0 Å². The van der Waals surface area contributed by atoms with E-state index in [9.17, 15) is 10.1 Å². The quantitative estimate of drug-likeness (QED) is 0.680. The highest BCUT2D eigenvalue weighted by Gasteiger charge is 2.25. The second-order valence-electron chi connectivity index (χ2n) is 5.48. The summed E-state index contributed by atoms with van der Waals surface area (Å²) in [6, 6.07) is 5.98. The molecule has 2 rings (SSSR count). The molecular weight excluding hydrogens is 280 g/mol. The summed E-state index contributed by atoms with van der Waals surface area (Å²) in [5.41, 5.74) is 7.06. The summed E-state index contributed by atoms with van der Waals surface area (Å²) in [6.45, 7) is 5.96. The van der Waals surface area contributed by atoms with E-state index in [1.54, 1.807) is 12.1 Å². The predicted octanol–water partition coefficient (Wildman–Crippen LogP) is 3.31. The van der Waals surface area contributed by atoms with Crippen LogP contribution in [0, 0.1) is 10.1 Å². The lowest BCUT2D eigenvalue weighted by atomic mass is 9.92. The zero-order chi connectivity index (χ0) is 15.1. The Kier molecular flexibility index (Phi) is 3.43. The third kappa shape index (κ3) is 2.46. The molecule has 0 saturated heterocycles. The van der Waals surface area contributed by atoms with Gasteiger partial charge >= 0.3 is 0 Å². The molecule has 6 nitrogen and oxygen atoms in total. The lowest BCUT2D eigenvalue weighted by Crippen LogP contribution is -2.13.